The summed E-state index contributed by atoms with van der Waals surface area (Å²) in [5.41, 5.74) is 1.92. The topological polar surface area (TPSA) is 86.6 Å². The SMILES string of the molecule is CCCCCCCC/C=C\CCCCCCCCOP(=O)(O)OCCCCCCCCCCOc1ccc(C=Nc2ccc(OCC[N+](C)(C)C)cc2)cc1. The molecule has 0 heterocycles. The first-order valence-corrected chi connectivity index (χ1v) is 23.2. The molecule has 1 atom stereocenters. The standard InChI is InChI=1S/C46H77N2O6P/c1-5-6-7-8-9-10-11-12-13-14-15-16-17-21-24-27-39-53-55(49,50)54-40-28-25-22-19-18-20-23-26-38-51-45-33-29-43(30-34-45)42-47-44-31-35-46(36-32-44)52-41-37-48(2,3)4/h12-13,29-36,42H,5-11,14-28,37-41H2,1-4H3/p+1/b13-12-,47-42?. The van der Waals surface area contributed by atoms with E-state index in [1.165, 1.54) is 89.9 Å². The van der Waals surface area contributed by atoms with Crippen LogP contribution in [0.5, 0.6) is 11.5 Å². The molecule has 0 saturated heterocycles. The van der Waals surface area contributed by atoms with Crippen molar-refractivity contribution in [1.82, 2.24) is 0 Å². The van der Waals surface area contributed by atoms with Gasteiger partial charge in [0.2, 0.25) is 0 Å². The quantitative estimate of drug-likeness (QED) is 0.0243. The molecule has 0 spiro atoms. The first-order chi connectivity index (χ1) is 26.7. The van der Waals surface area contributed by atoms with Gasteiger partial charge >= 0.3 is 7.82 Å². The second-order valence-electron chi connectivity index (χ2n) is 15.9. The molecule has 0 aliphatic heterocycles. The van der Waals surface area contributed by atoms with Gasteiger partial charge in [-0.05, 0) is 99.0 Å². The van der Waals surface area contributed by atoms with Gasteiger partial charge in [-0.15, -0.1) is 0 Å². The summed E-state index contributed by atoms with van der Waals surface area (Å²) >= 11 is 0. The molecule has 2 rings (SSSR count). The Kier molecular flexibility index (Phi) is 28.0. The third-order valence-electron chi connectivity index (χ3n) is 9.58. The minimum absolute atomic E-state index is 0.272. The Morgan fingerprint density at radius 3 is 1.47 bits per heavy atom. The molecular weight excluding hydrogens is 707 g/mol. The van der Waals surface area contributed by atoms with Gasteiger partial charge in [-0.25, -0.2) is 4.57 Å². The number of allylic oxidation sites excluding steroid dienone is 2. The van der Waals surface area contributed by atoms with Crippen LogP contribution in [0.2, 0.25) is 0 Å². The Balaban J connectivity index is 1.35. The summed E-state index contributed by atoms with van der Waals surface area (Å²) in [6, 6.07) is 15.9. The third kappa shape index (κ3) is 29.4. The zero-order valence-corrected chi connectivity index (χ0v) is 36.2. The van der Waals surface area contributed by atoms with Crippen LogP contribution in [0.25, 0.3) is 0 Å². The molecule has 0 fully saturated rings. The number of phosphoric ester groups is 1. The minimum atomic E-state index is -3.94. The van der Waals surface area contributed by atoms with Gasteiger partial charge in [0.15, 0.2) is 0 Å². The van der Waals surface area contributed by atoms with Crippen molar-refractivity contribution in [3.63, 3.8) is 0 Å². The minimum Gasteiger partial charge on any atom is -0.494 e. The van der Waals surface area contributed by atoms with Crippen LogP contribution < -0.4 is 9.47 Å². The fourth-order valence-corrected chi connectivity index (χ4v) is 6.86. The molecule has 9 heteroatoms. The van der Waals surface area contributed by atoms with Crippen molar-refractivity contribution in [1.29, 1.82) is 0 Å². The first-order valence-electron chi connectivity index (χ1n) is 21.7. The van der Waals surface area contributed by atoms with Crippen LogP contribution in [-0.2, 0) is 13.6 Å². The zero-order chi connectivity index (χ0) is 39.7. The van der Waals surface area contributed by atoms with Crippen LogP contribution in [0.15, 0.2) is 65.7 Å². The molecule has 2 aromatic carbocycles. The van der Waals surface area contributed by atoms with Crippen LogP contribution in [0.3, 0.4) is 0 Å². The van der Waals surface area contributed by atoms with E-state index in [2.05, 4.69) is 45.2 Å². The number of quaternary nitrogens is 1. The molecule has 0 aliphatic carbocycles. The van der Waals surface area contributed by atoms with Gasteiger partial charge < -0.3 is 18.9 Å². The molecule has 0 saturated carbocycles. The van der Waals surface area contributed by atoms with Crippen molar-refractivity contribution in [3.8, 4) is 11.5 Å². The Labute approximate surface area is 336 Å². The predicted octanol–water partition coefficient (Wildman–Crippen LogP) is 13.2. The summed E-state index contributed by atoms with van der Waals surface area (Å²) in [5.74, 6) is 1.75. The summed E-state index contributed by atoms with van der Waals surface area (Å²) < 4.78 is 35.2. The number of phosphoric acid groups is 1. The van der Waals surface area contributed by atoms with Crippen molar-refractivity contribution < 1.29 is 32.5 Å². The smallest absolute Gasteiger partial charge is 0.472 e. The van der Waals surface area contributed by atoms with Crippen LogP contribution in [0, 0.1) is 0 Å². The number of hydrogen-bond donors (Lipinski definition) is 1. The molecule has 312 valence electrons. The van der Waals surface area contributed by atoms with E-state index in [-0.39, 0.29) is 13.2 Å². The maximum absolute atomic E-state index is 12.2. The fraction of sp³-hybridized carbons (Fsp3) is 0.674. The molecule has 8 nitrogen and oxygen atoms in total. The molecule has 0 aliphatic rings. The van der Waals surface area contributed by atoms with Crippen molar-refractivity contribution in [2.24, 2.45) is 4.99 Å². The fourth-order valence-electron chi connectivity index (χ4n) is 6.07. The monoisotopic (exact) mass is 786 g/mol. The van der Waals surface area contributed by atoms with Crippen molar-refractivity contribution in [2.75, 3.05) is 54.1 Å². The molecule has 2 aromatic rings. The van der Waals surface area contributed by atoms with Crippen molar-refractivity contribution >= 4 is 19.7 Å². The van der Waals surface area contributed by atoms with E-state index in [1.807, 2.05) is 54.7 Å². The summed E-state index contributed by atoms with van der Waals surface area (Å²) in [5, 5.41) is 0. The molecule has 0 bridgehead atoms. The highest BCUT2D eigenvalue weighted by atomic mass is 31.2. The van der Waals surface area contributed by atoms with Gasteiger partial charge in [-0.2, -0.15) is 0 Å². The van der Waals surface area contributed by atoms with E-state index in [1.54, 1.807) is 0 Å². The average Bonchev–Trinajstić information content (AvgIpc) is 3.16. The lowest BCUT2D eigenvalue weighted by atomic mass is 10.1. The van der Waals surface area contributed by atoms with Gasteiger partial charge in [-0.3, -0.25) is 14.0 Å². The number of nitrogens with zero attached hydrogens (tertiary/aromatic N) is 2. The molecule has 55 heavy (non-hydrogen) atoms. The summed E-state index contributed by atoms with van der Waals surface area (Å²) in [6.45, 7) is 5.18. The van der Waals surface area contributed by atoms with Gasteiger partial charge in [0.05, 0.1) is 46.7 Å². The largest absolute Gasteiger partial charge is 0.494 e. The van der Waals surface area contributed by atoms with Crippen molar-refractivity contribution in [3.05, 3.63) is 66.2 Å². The highest BCUT2D eigenvalue weighted by molar-refractivity contribution is 7.47. The zero-order valence-electron chi connectivity index (χ0n) is 35.3. The molecule has 0 amide bonds. The number of benzene rings is 2. The third-order valence-corrected chi connectivity index (χ3v) is 10.6. The van der Waals surface area contributed by atoms with Gasteiger partial charge in [0, 0.05) is 6.21 Å². The van der Waals surface area contributed by atoms with E-state index >= 15 is 0 Å². The molecular formula is C46H78N2O6P+. The first kappa shape index (κ1) is 48.7. The lowest BCUT2D eigenvalue weighted by Gasteiger charge is -2.23. The Morgan fingerprint density at radius 2 is 0.982 bits per heavy atom. The Morgan fingerprint density at radius 1 is 0.564 bits per heavy atom. The highest BCUT2D eigenvalue weighted by Crippen LogP contribution is 2.43. The maximum atomic E-state index is 12.2. The summed E-state index contributed by atoms with van der Waals surface area (Å²) in [7, 11) is 2.53. The number of aliphatic imine (C=N–C) groups is 1. The molecule has 1 unspecified atom stereocenters. The predicted molar refractivity (Wildman–Crippen MR) is 232 cm³/mol. The Hall–Kier alpha value is -2.48. The normalized spacial score (nSPS) is 13.2. The van der Waals surface area contributed by atoms with Gasteiger partial charge in [-0.1, -0.05) is 115 Å². The van der Waals surface area contributed by atoms with Crippen LogP contribution >= 0.6 is 7.82 Å². The number of hydrogen-bond acceptors (Lipinski definition) is 6. The van der Waals surface area contributed by atoms with E-state index in [0.717, 1.165) is 85.1 Å². The highest BCUT2D eigenvalue weighted by Gasteiger charge is 2.20. The number of likely N-dealkylation sites (N-methyl/N-ethyl adjacent to an activating group) is 1. The lowest BCUT2D eigenvalue weighted by molar-refractivity contribution is -0.870. The molecule has 1 N–H and O–H groups in total. The molecule has 0 radical (unpaired) electrons. The maximum Gasteiger partial charge on any atom is 0.472 e. The number of ether oxygens (including phenoxy) is 2. The van der Waals surface area contributed by atoms with Gasteiger partial charge in [0.25, 0.3) is 0 Å². The Bertz CT molecular complexity index is 1290. The average molecular weight is 786 g/mol. The second kappa shape index (κ2) is 31.6. The lowest BCUT2D eigenvalue weighted by Crippen LogP contribution is -2.38. The van der Waals surface area contributed by atoms with Gasteiger partial charge in [0.1, 0.15) is 24.7 Å². The van der Waals surface area contributed by atoms with Crippen LogP contribution in [0.1, 0.15) is 154 Å². The van der Waals surface area contributed by atoms with E-state index in [4.69, 9.17) is 18.5 Å². The van der Waals surface area contributed by atoms with Crippen LogP contribution in [-0.4, -0.2) is 69.7 Å². The van der Waals surface area contributed by atoms with E-state index in [0.29, 0.717) is 13.2 Å². The molecule has 0 aromatic heterocycles. The second-order valence-corrected chi connectivity index (χ2v) is 17.4. The summed E-state index contributed by atoms with van der Waals surface area (Å²) in [6.07, 6.45) is 32.5. The van der Waals surface area contributed by atoms with E-state index in [9.17, 15) is 9.46 Å². The van der Waals surface area contributed by atoms with Crippen molar-refractivity contribution in [2.45, 2.75) is 148 Å². The summed E-state index contributed by atoms with van der Waals surface area (Å²) in [4.78, 5) is 14.5. The van der Waals surface area contributed by atoms with Crippen LogP contribution in [0.4, 0.5) is 5.69 Å². The number of rotatable bonds is 36. The number of unbranched alkanes of at least 4 members (excludes halogenated alkanes) is 19. The van der Waals surface area contributed by atoms with E-state index < -0.39 is 7.82 Å².